The Morgan fingerprint density at radius 3 is 2.69 bits per heavy atom. The molecule has 0 atom stereocenters. The Morgan fingerprint density at radius 2 is 2.06 bits per heavy atom. The van der Waals surface area contributed by atoms with Gasteiger partial charge in [-0.25, -0.2) is 0 Å². The highest BCUT2D eigenvalue weighted by Crippen LogP contribution is 2.00. The molecule has 1 N–H and O–H groups in total. The molecule has 1 aromatic rings. The second-order valence-electron chi connectivity index (χ2n) is 4.46. The van der Waals surface area contributed by atoms with E-state index in [1.165, 1.54) is 0 Å². The highest BCUT2D eigenvalue weighted by atomic mass is 15.6. The second kappa shape index (κ2) is 5.36. The topological polar surface area (TPSA) is 58.9 Å². The smallest absolute Gasteiger partial charge is 0.176 e. The highest BCUT2D eigenvalue weighted by molar-refractivity contribution is 4.80. The lowest BCUT2D eigenvalue weighted by Gasteiger charge is -2.26. The molecule has 0 unspecified atom stereocenters. The summed E-state index contributed by atoms with van der Waals surface area (Å²) in [7, 11) is 0. The van der Waals surface area contributed by atoms with Crippen LogP contribution in [-0.4, -0.2) is 57.8 Å². The van der Waals surface area contributed by atoms with E-state index in [-0.39, 0.29) is 0 Å². The molecular weight excluding hydrogens is 204 g/mol. The van der Waals surface area contributed by atoms with Gasteiger partial charge in [0.25, 0.3) is 0 Å². The van der Waals surface area contributed by atoms with Crippen molar-refractivity contribution in [3.8, 4) is 0 Å². The summed E-state index contributed by atoms with van der Waals surface area (Å²) >= 11 is 0. The van der Waals surface area contributed by atoms with Gasteiger partial charge < -0.3 is 10.2 Å². The van der Waals surface area contributed by atoms with Gasteiger partial charge in [-0.1, -0.05) is 0 Å². The molecule has 0 aromatic carbocycles. The lowest BCUT2D eigenvalue weighted by Crippen LogP contribution is -2.44. The molecule has 2 heterocycles. The molecule has 0 spiro atoms. The van der Waals surface area contributed by atoms with Crippen molar-refractivity contribution in [1.82, 2.24) is 30.4 Å². The van der Waals surface area contributed by atoms with Crippen molar-refractivity contribution in [3.63, 3.8) is 0 Å². The Hall–Kier alpha value is -1.01. The van der Waals surface area contributed by atoms with Crippen LogP contribution in [0, 0.1) is 0 Å². The van der Waals surface area contributed by atoms with Crippen LogP contribution >= 0.6 is 0 Å². The lowest BCUT2D eigenvalue weighted by atomic mass is 10.3. The van der Waals surface area contributed by atoms with Crippen LogP contribution < -0.4 is 5.32 Å². The molecule has 1 aliphatic rings. The fourth-order valence-corrected chi connectivity index (χ4v) is 1.77. The molecule has 0 radical (unpaired) electrons. The predicted molar refractivity (Wildman–Crippen MR) is 61.2 cm³/mol. The highest BCUT2D eigenvalue weighted by Gasteiger charge is 2.11. The van der Waals surface area contributed by atoms with Gasteiger partial charge in [-0.05, 0) is 19.1 Å². The molecule has 0 amide bonds. The zero-order chi connectivity index (χ0) is 11.4. The molecule has 6 nitrogen and oxygen atoms in total. The number of tetrazole rings is 1. The molecule has 6 heteroatoms. The van der Waals surface area contributed by atoms with Gasteiger partial charge in [0.2, 0.25) is 0 Å². The monoisotopic (exact) mass is 224 g/mol. The van der Waals surface area contributed by atoms with Gasteiger partial charge in [-0.3, -0.25) is 0 Å². The van der Waals surface area contributed by atoms with Crippen molar-refractivity contribution in [3.05, 3.63) is 5.82 Å². The first kappa shape index (κ1) is 11.5. The Balaban J connectivity index is 1.79. The number of piperazine rings is 1. The van der Waals surface area contributed by atoms with Crippen LogP contribution in [0.3, 0.4) is 0 Å². The fourth-order valence-electron chi connectivity index (χ4n) is 1.77. The van der Waals surface area contributed by atoms with Gasteiger partial charge in [0, 0.05) is 39.1 Å². The molecular formula is C10H20N6. The summed E-state index contributed by atoms with van der Waals surface area (Å²) < 4.78 is 0. The molecule has 1 fully saturated rings. The first-order chi connectivity index (χ1) is 7.75. The van der Waals surface area contributed by atoms with Gasteiger partial charge in [-0.15, -0.1) is 10.2 Å². The fraction of sp³-hybridized carbons (Fsp3) is 0.900. The summed E-state index contributed by atoms with van der Waals surface area (Å²) in [6.07, 6.45) is 0.896. The largest absolute Gasteiger partial charge is 0.314 e. The van der Waals surface area contributed by atoms with E-state index in [9.17, 15) is 0 Å². The van der Waals surface area contributed by atoms with Crippen molar-refractivity contribution < 1.29 is 0 Å². The quantitative estimate of drug-likeness (QED) is 0.761. The molecule has 1 aliphatic heterocycles. The minimum absolute atomic E-state index is 0.292. The average Bonchev–Trinajstić information content (AvgIpc) is 2.76. The van der Waals surface area contributed by atoms with Crippen molar-refractivity contribution in [1.29, 1.82) is 0 Å². The molecule has 16 heavy (non-hydrogen) atoms. The molecule has 2 rings (SSSR count). The molecule has 0 aliphatic carbocycles. The minimum Gasteiger partial charge on any atom is -0.314 e. The molecule has 0 saturated carbocycles. The number of hydrogen-bond acceptors (Lipinski definition) is 5. The Labute approximate surface area is 96.0 Å². The van der Waals surface area contributed by atoms with E-state index in [4.69, 9.17) is 0 Å². The van der Waals surface area contributed by atoms with Gasteiger partial charge in [0.15, 0.2) is 5.82 Å². The third-order valence-corrected chi connectivity index (χ3v) is 2.79. The van der Waals surface area contributed by atoms with Gasteiger partial charge in [-0.2, -0.15) is 4.80 Å². The average molecular weight is 224 g/mol. The van der Waals surface area contributed by atoms with E-state index < -0.39 is 0 Å². The van der Waals surface area contributed by atoms with Crippen molar-refractivity contribution in [2.24, 2.45) is 0 Å². The zero-order valence-electron chi connectivity index (χ0n) is 10.1. The van der Waals surface area contributed by atoms with E-state index >= 15 is 0 Å². The van der Waals surface area contributed by atoms with Crippen LogP contribution in [0.5, 0.6) is 0 Å². The van der Waals surface area contributed by atoms with Crippen molar-refractivity contribution >= 4 is 0 Å². The first-order valence-electron chi connectivity index (χ1n) is 5.97. The number of hydrogen-bond donors (Lipinski definition) is 1. The summed E-state index contributed by atoms with van der Waals surface area (Å²) in [4.78, 5) is 4.11. The lowest BCUT2D eigenvalue weighted by molar-refractivity contribution is 0.242. The Morgan fingerprint density at radius 1 is 1.31 bits per heavy atom. The Bertz CT molecular complexity index is 315. The summed E-state index contributed by atoms with van der Waals surface area (Å²) in [5, 5.41) is 15.8. The molecule has 1 aromatic heterocycles. The standard InChI is InChI=1S/C10H20N6/c1-9(2)16-13-10(12-14-16)3-6-15-7-4-11-5-8-15/h9,11H,3-8H2,1-2H3. The van der Waals surface area contributed by atoms with Crippen molar-refractivity contribution in [2.75, 3.05) is 32.7 Å². The van der Waals surface area contributed by atoms with Crippen LogP contribution in [-0.2, 0) is 6.42 Å². The van der Waals surface area contributed by atoms with Crippen LogP contribution in [0.1, 0.15) is 25.7 Å². The number of nitrogens with zero attached hydrogens (tertiary/aromatic N) is 5. The predicted octanol–water partition coefficient (Wildman–Crippen LogP) is -0.298. The van der Waals surface area contributed by atoms with E-state index in [1.54, 1.807) is 4.80 Å². The maximum Gasteiger partial charge on any atom is 0.176 e. The normalized spacial score (nSPS) is 18.2. The maximum atomic E-state index is 4.35. The van der Waals surface area contributed by atoms with E-state index in [0.29, 0.717) is 6.04 Å². The summed E-state index contributed by atoms with van der Waals surface area (Å²) in [5.41, 5.74) is 0. The second-order valence-corrected chi connectivity index (χ2v) is 4.46. The number of nitrogens with one attached hydrogen (secondary N) is 1. The minimum atomic E-state index is 0.292. The third kappa shape index (κ3) is 2.99. The zero-order valence-corrected chi connectivity index (χ0v) is 10.1. The summed E-state index contributed by atoms with van der Waals surface area (Å²) in [5.74, 6) is 0.854. The number of rotatable bonds is 4. The van der Waals surface area contributed by atoms with Gasteiger partial charge in [0.05, 0.1) is 6.04 Å². The number of aromatic nitrogens is 4. The SMILES string of the molecule is CC(C)n1nnc(CCN2CCNCC2)n1. The molecule has 0 bridgehead atoms. The van der Waals surface area contributed by atoms with Crippen LogP contribution in [0.25, 0.3) is 0 Å². The van der Waals surface area contributed by atoms with E-state index in [2.05, 4.69) is 39.5 Å². The molecule has 90 valence electrons. The first-order valence-corrected chi connectivity index (χ1v) is 5.97. The van der Waals surface area contributed by atoms with Crippen LogP contribution in [0.4, 0.5) is 0 Å². The summed E-state index contributed by atoms with van der Waals surface area (Å²) in [6.45, 7) is 9.57. The van der Waals surface area contributed by atoms with E-state index in [0.717, 1.165) is 45.0 Å². The summed E-state index contributed by atoms with van der Waals surface area (Å²) in [6, 6.07) is 0.292. The van der Waals surface area contributed by atoms with Gasteiger partial charge in [0.1, 0.15) is 0 Å². The Kier molecular flexibility index (Phi) is 3.84. The van der Waals surface area contributed by atoms with Crippen LogP contribution in [0.15, 0.2) is 0 Å². The van der Waals surface area contributed by atoms with E-state index in [1.807, 2.05) is 0 Å². The molecule has 1 saturated heterocycles. The van der Waals surface area contributed by atoms with Gasteiger partial charge >= 0.3 is 0 Å². The van der Waals surface area contributed by atoms with Crippen molar-refractivity contribution in [2.45, 2.75) is 26.3 Å². The maximum absolute atomic E-state index is 4.35. The third-order valence-electron chi connectivity index (χ3n) is 2.79. The van der Waals surface area contributed by atoms with Crippen LogP contribution in [0.2, 0.25) is 0 Å².